The molecule has 0 aromatic carbocycles. The van der Waals surface area contributed by atoms with E-state index in [0.29, 0.717) is 0 Å². The molecule has 0 heterocycles. The summed E-state index contributed by atoms with van der Waals surface area (Å²) in [6.07, 6.45) is 4.74. The molecule has 0 N–H and O–H groups in total. The molecule has 2 spiro atoms. The highest BCUT2D eigenvalue weighted by Gasteiger charge is 2.78. The molecule has 0 saturated heterocycles. The SMILES string of the molecule is CC1CC12C(C)C2CC1CC12C(C)C2C. The maximum Gasteiger partial charge on any atom is -0.0209 e. The van der Waals surface area contributed by atoms with Crippen LogP contribution in [0.4, 0.5) is 0 Å². The number of rotatable bonds is 2. The first-order chi connectivity index (χ1) is 7.05. The highest BCUT2D eigenvalue weighted by Crippen LogP contribution is 2.85. The van der Waals surface area contributed by atoms with E-state index in [0.717, 1.165) is 46.3 Å². The summed E-state index contributed by atoms with van der Waals surface area (Å²) in [5, 5.41) is 0. The average Bonchev–Trinajstić information content (AvgIpc) is 3.11. The number of hydrogen-bond donors (Lipinski definition) is 0. The van der Waals surface area contributed by atoms with Crippen LogP contribution in [0.5, 0.6) is 0 Å². The minimum absolute atomic E-state index is 0.877. The summed E-state index contributed by atoms with van der Waals surface area (Å²) in [6, 6.07) is 0. The lowest BCUT2D eigenvalue weighted by molar-refractivity contribution is 0.515. The third-order valence-corrected chi connectivity index (χ3v) is 7.52. The van der Waals surface area contributed by atoms with Crippen LogP contribution in [-0.2, 0) is 0 Å². The van der Waals surface area contributed by atoms with Gasteiger partial charge in [-0.15, -0.1) is 0 Å². The van der Waals surface area contributed by atoms with Gasteiger partial charge in [0.1, 0.15) is 0 Å². The van der Waals surface area contributed by atoms with Crippen LogP contribution >= 0.6 is 0 Å². The molecule has 0 aromatic rings. The first-order valence-electron chi connectivity index (χ1n) is 7.05. The fourth-order valence-electron chi connectivity index (χ4n) is 5.79. The summed E-state index contributed by atoms with van der Waals surface area (Å²) >= 11 is 0. The molecular weight excluding hydrogens is 180 g/mol. The Labute approximate surface area is 93.8 Å². The lowest BCUT2D eigenvalue weighted by Gasteiger charge is -1.97. The molecule has 4 fully saturated rings. The van der Waals surface area contributed by atoms with Crippen molar-refractivity contribution in [3.63, 3.8) is 0 Å². The summed E-state index contributed by atoms with van der Waals surface area (Å²) in [4.78, 5) is 0. The highest BCUT2D eigenvalue weighted by molar-refractivity contribution is 5.26. The van der Waals surface area contributed by atoms with Crippen LogP contribution < -0.4 is 0 Å². The van der Waals surface area contributed by atoms with Crippen molar-refractivity contribution in [1.82, 2.24) is 0 Å². The van der Waals surface area contributed by atoms with Gasteiger partial charge in [-0.1, -0.05) is 27.7 Å². The summed E-state index contributed by atoms with van der Waals surface area (Å²) in [6.45, 7) is 9.96. The highest BCUT2D eigenvalue weighted by atomic mass is 14.8. The normalized spacial score (nSPS) is 73.6. The Kier molecular flexibility index (Phi) is 1.31. The van der Waals surface area contributed by atoms with Crippen LogP contribution in [0.15, 0.2) is 0 Å². The van der Waals surface area contributed by atoms with Crippen LogP contribution in [0.1, 0.15) is 47.0 Å². The van der Waals surface area contributed by atoms with Crippen molar-refractivity contribution in [3.8, 4) is 0 Å². The van der Waals surface area contributed by atoms with Crippen molar-refractivity contribution >= 4 is 0 Å². The van der Waals surface area contributed by atoms with Gasteiger partial charge in [-0.05, 0) is 65.6 Å². The van der Waals surface area contributed by atoms with E-state index in [-0.39, 0.29) is 0 Å². The van der Waals surface area contributed by atoms with Gasteiger partial charge in [-0.25, -0.2) is 0 Å². The Morgan fingerprint density at radius 1 is 0.867 bits per heavy atom. The minimum Gasteiger partial charge on any atom is -0.0619 e. The first kappa shape index (κ1) is 9.07. The van der Waals surface area contributed by atoms with Gasteiger partial charge in [-0.3, -0.25) is 0 Å². The van der Waals surface area contributed by atoms with Crippen molar-refractivity contribution in [2.75, 3.05) is 0 Å². The van der Waals surface area contributed by atoms with Crippen LogP contribution in [0.3, 0.4) is 0 Å². The van der Waals surface area contributed by atoms with Crippen LogP contribution in [0.25, 0.3) is 0 Å². The molecule has 0 bridgehead atoms. The van der Waals surface area contributed by atoms with E-state index in [1.165, 1.54) is 0 Å². The molecule has 0 aliphatic heterocycles. The van der Waals surface area contributed by atoms with Gasteiger partial charge < -0.3 is 0 Å². The van der Waals surface area contributed by atoms with E-state index >= 15 is 0 Å². The molecule has 84 valence electrons. The fraction of sp³-hybridized carbons (Fsp3) is 1.00. The standard InChI is InChI=1S/C15H24/c1-8-6-14(8)11(4)13(14)5-12-7-15(12)9(2)10(15)3/h8-13H,5-7H2,1-4H3. The van der Waals surface area contributed by atoms with Crippen LogP contribution in [0.2, 0.25) is 0 Å². The van der Waals surface area contributed by atoms with Gasteiger partial charge in [0.25, 0.3) is 0 Å². The average molecular weight is 204 g/mol. The Balaban J connectivity index is 1.41. The van der Waals surface area contributed by atoms with E-state index in [1.807, 2.05) is 0 Å². The first-order valence-corrected chi connectivity index (χ1v) is 7.05. The third-order valence-electron chi connectivity index (χ3n) is 7.52. The Morgan fingerprint density at radius 3 is 1.80 bits per heavy atom. The molecule has 4 aliphatic carbocycles. The molecule has 0 nitrogen and oxygen atoms in total. The molecule has 4 saturated carbocycles. The monoisotopic (exact) mass is 204 g/mol. The Hall–Kier alpha value is 0. The molecule has 0 radical (unpaired) electrons. The smallest absolute Gasteiger partial charge is 0.0209 e. The van der Waals surface area contributed by atoms with Gasteiger partial charge in [0.05, 0.1) is 0 Å². The van der Waals surface area contributed by atoms with Gasteiger partial charge in [-0.2, -0.15) is 0 Å². The van der Waals surface area contributed by atoms with E-state index in [9.17, 15) is 0 Å². The number of hydrogen-bond acceptors (Lipinski definition) is 0. The Bertz CT molecular complexity index is 323. The van der Waals surface area contributed by atoms with Crippen molar-refractivity contribution in [2.24, 2.45) is 46.3 Å². The second-order valence-corrected chi connectivity index (χ2v) is 7.44. The zero-order chi connectivity index (χ0) is 10.6. The maximum atomic E-state index is 2.52. The zero-order valence-corrected chi connectivity index (χ0v) is 10.6. The fourth-order valence-corrected chi connectivity index (χ4v) is 5.79. The predicted octanol–water partition coefficient (Wildman–Crippen LogP) is 3.96. The molecular formula is C15H24. The topological polar surface area (TPSA) is 0 Å². The summed E-state index contributed by atoms with van der Waals surface area (Å²) in [5.41, 5.74) is 1.76. The Morgan fingerprint density at radius 2 is 1.47 bits per heavy atom. The van der Waals surface area contributed by atoms with Gasteiger partial charge in [0, 0.05) is 0 Å². The van der Waals surface area contributed by atoms with E-state index < -0.39 is 0 Å². The molecule has 4 aliphatic rings. The predicted molar refractivity (Wildman–Crippen MR) is 62.4 cm³/mol. The molecule has 7 atom stereocenters. The molecule has 4 rings (SSSR count). The van der Waals surface area contributed by atoms with Gasteiger partial charge in [0.15, 0.2) is 0 Å². The summed E-state index contributed by atoms with van der Waals surface area (Å²) in [5.74, 6) is 6.54. The van der Waals surface area contributed by atoms with Crippen LogP contribution in [-0.4, -0.2) is 0 Å². The van der Waals surface area contributed by atoms with E-state index in [4.69, 9.17) is 0 Å². The molecule has 0 heteroatoms. The van der Waals surface area contributed by atoms with Crippen molar-refractivity contribution < 1.29 is 0 Å². The minimum atomic E-state index is 0.877. The quantitative estimate of drug-likeness (QED) is 0.638. The van der Waals surface area contributed by atoms with E-state index in [2.05, 4.69) is 27.7 Å². The van der Waals surface area contributed by atoms with Crippen molar-refractivity contribution in [2.45, 2.75) is 47.0 Å². The second kappa shape index (κ2) is 2.17. The van der Waals surface area contributed by atoms with Crippen LogP contribution in [0, 0.1) is 46.3 Å². The zero-order valence-electron chi connectivity index (χ0n) is 10.6. The molecule has 15 heavy (non-hydrogen) atoms. The third kappa shape index (κ3) is 0.806. The molecule has 0 aromatic heterocycles. The molecule has 0 amide bonds. The lowest BCUT2D eigenvalue weighted by Crippen LogP contribution is -1.90. The summed E-state index contributed by atoms with van der Waals surface area (Å²) < 4.78 is 0. The summed E-state index contributed by atoms with van der Waals surface area (Å²) in [7, 11) is 0. The van der Waals surface area contributed by atoms with Crippen molar-refractivity contribution in [3.05, 3.63) is 0 Å². The van der Waals surface area contributed by atoms with Crippen molar-refractivity contribution in [1.29, 1.82) is 0 Å². The lowest BCUT2D eigenvalue weighted by atomic mass is 10.1. The largest absolute Gasteiger partial charge is 0.0619 e. The van der Waals surface area contributed by atoms with Gasteiger partial charge >= 0.3 is 0 Å². The van der Waals surface area contributed by atoms with Gasteiger partial charge in [0.2, 0.25) is 0 Å². The van der Waals surface area contributed by atoms with E-state index in [1.54, 1.807) is 19.3 Å². The maximum absolute atomic E-state index is 2.52. The molecule has 7 unspecified atom stereocenters. The second-order valence-electron chi connectivity index (χ2n) is 7.44.